The predicted octanol–water partition coefficient (Wildman–Crippen LogP) is 11.0. The highest BCUT2D eigenvalue weighted by Crippen LogP contribution is 2.35. The molecule has 0 aliphatic heterocycles. The molecule has 16 nitrogen and oxygen atoms in total. The molecule has 0 N–H and O–H groups in total. The van der Waals surface area contributed by atoms with Crippen LogP contribution in [0.5, 0.6) is 5.75 Å². The van der Waals surface area contributed by atoms with Crippen molar-refractivity contribution < 1.29 is 9.15 Å². The summed E-state index contributed by atoms with van der Waals surface area (Å²) in [6.45, 7) is 0.327. The van der Waals surface area contributed by atoms with Gasteiger partial charge in [-0.05, 0) is 84.9 Å². The number of benzene rings is 3. The first-order valence-electron chi connectivity index (χ1n) is 20.5. The van der Waals surface area contributed by atoms with Crippen molar-refractivity contribution in [2.45, 2.75) is 28.2 Å². The van der Waals surface area contributed by atoms with Gasteiger partial charge in [-0.1, -0.05) is 94.2 Å². The van der Waals surface area contributed by atoms with E-state index in [0.717, 1.165) is 33.9 Å². The first kappa shape index (κ1) is 45.1. The van der Waals surface area contributed by atoms with E-state index in [9.17, 15) is 0 Å². The molecule has 0 amide bonds. The van der Waals surface area contributed by atoms with Gasteiger partial charge in [-0.15, -0.1) is 40.8 Å². The van der Waals surface area contributed by atoms with E-state index in [1.165, 1.54) is 23.5 Å². The standard InChI is InChI=1S/C46H32Cl4N14O2S2/c1-62-39(54-56-41(62)29-12-17-38(50)53-23-29)25-67-45-60-57-42(63(45)36-8-4-2-6-33(36)48)28-18-20-51-31(22-28)19-21-65-32-15-16-35(52-24-32)43-58-61-46(64(43)37-9-5-3-7-34(37)49)68-26-40-55-59-44(66-40)27-10-13-30(47)14-11-27/h2-18,20,22-24H,19,21,25-26H2,1H3. The number of para-hydroxylation sites is 2. The van der Waals surface area contributed by atoms with Crippen LogP contribution in [0.15, 0.2) is 143 Å². The van der Waals surface area contributed by atoms with Gasteiger partial charge in [0.05, 0.1) is 45.7 Å². The molecule has 0 fully saturated rings. The lowest BCUT2D eigenvalue weighted by molar-refractivity contribution is 0.319. The highest BCUT2D eigenvalue weighted by molar-refractivity contribution is 7.98. The molecule has 0 aliphatic rings. The summed E-state index contributed by atoms with van der Waals surface area (Å²) in [4.78, 5) is 13.5. The molecule has 338 valence electrons. The fourth-order valence-corrected chi connectivity index (χ4v) is 9.31. The second-order valence-corrected chi connectivity index (χ2v) is 18.2. The molecule has 10 aromatic rings. The minimum Gasteiger partial charge on any atom is -0.492 e. The second kappa shape index (κ2) is 20.3. The third-order valence-electron chi connectivity index (χ3n) is 10.3. The van der Waals surface area contributed by atoms with Gasteiger partial charge in [0.1, 0.15) is 22.4 Å². The van der Waals surface area contributed by atoms with Crippen molar-refractivity contribution in [1.82, 2.24) is 69.4 Å². The number of thioether (sulfide) groups is 2. The Bertz CT molecular complexity index is 3360. The molecular weight excluding hydrogens is 987 g/mol. The monoisotopic (exact) mass is 1020 g/mol. The molecule has 22 heteroatoms. The smallest absolute Gasteiger partial charge is 0.247 e. The van der Waals surface area contributed by atoms with E-state index < -0.39 is 0 Å². The predicted molar refractivity (Wildman–Crippen MR) is 262 cm³/mol. The summed E-state index contributed by atoms with van der Waals surface area (Å²) >= 11 is 28.4. The summed E-state index contributed by atoms with van der Waals surface area (Å²) in [7, 11) is 1.91. The van der Waals surface area contributed by atoms with Crippen molar-refractivity contribution in [3.63, 3.8) is 0 Å². The normalized spacial score (nSPS) is 11.4. The maximum absolute atomic E-state index is 6.79. The SMILES string of the molecule is Cn1c(CSc2nnc(-c3ccnc(CCOc4ccc(-c5nnc(SCc6nnc(-c7ccc(Cl)cc7)o6)n5-c5ccccc5Cl)nc4)c3)n2-c2ccccc2Cl)nnc1-c1ccc(Cl)nc1. The van der Waals surface area contributed by atoms with Crippen LogP contribution in [-0.2, 0) is 25.0 Å². The van der Waals surface area contributed by atoms with Crippen molar-refractivity contribution in [2.75, 3.05) is 6.61 Å². The maximum atomic E-state index is 6.79. The Hall–Kier alpha value is -6.67. The summed E-state index contributed by atoms with van der Waals surface area (Å²) in [5, 5.41) is 38.8. The summed E-state index contributed by atoms with van der Waals surface area (Å²) in [6.07, 6.45) is 5.56. The highest BCUT2D eigenvalue weighted by Gasteiger charge is 2.23. The summed E-state index contributed by atoms with van der Waals surface area (Å²) in [5.74, 6) is 4.65. The lowest BCUT2D eigenvalue weighted by Gasteiger charge is -2.13. The Kier molecular flexibility index (Phi) is 13.5. The van der Waals surface area contributed by atoms with Crippen LogP contribution in [0.1, 0.15) is 17.4 Å². The highest BCUT2D eigenvalue weighted by atomic mass is 35.5. The summed E-state index contributed by atoms with van der Waals surface area (Å²) < 4.78 is 17.8. The van der Waals surface area contributed by atoms with E-state index in [2.05, 4.69) is 50.8 Å². The maximum Gasteiger partial charge on any atom is 0.247 e. The van der Waals surface area contributed by atoms with Crippen molar-refractivity contribution in [2.24, 2.45) is 7.05 Å². The van der Waals surface area contributed by atoms with E-state index in [1.54, 1.807) is 42.9 Å². The quantitative estimate of drug-likeness (QED) is 0.0658. The van der Waals surface area contributed by atoms with Crippen LogP contribution in [0.2, 0.25) is 20.2 Å². The fraction of sp³-hybridized carbons (Fsp3) is 0.109. The molecule has 7 aromatic heterocycles. The third kappa shape index (κ3) is 9.83. The molecule has 0 saturated carbocycles. The van der Waals surface area contributed by atoms with Crippen LogP contribution in [0, 0.1) is 0 Å². The second-order valence-electron chi connectivity index (χ2n) is 14.7. The zero-order valence-electron chi connectivity index (χ0n) is 35.4. The van der Waals surface area contributed by atoms with Gasteiger partial charge in [-0.3, -0.25) is 14.1 Å². The molecule has 0 unspecified atom stereocenters. The molecule has 0 bridgehead atoms. The van der Waals surface area contributed by atoms with Crippen molar-refractivity contribution in [3.05, 3.63) is 165 Å². The first-order chi connectivity index (χ1) is 33.3. The molecule has 10 rings (SSSR count). The number of nitrogens with zero attached hydrogens (tertiary/aromatic N) is 14. The summed E-state index contributed by atoms with van der Waals surface area (Å²) in [5.41, 5.74) is 5.14. The van der Waals surface area contributed by atoms with Gasteiger partial charge in [-0.25, -0.2) is 9.97 Å². The van der Waals surface area contributed by atoms with Crippen molar-refractivity contribution >= 4 is 69.9 Å². The minimum absolute atomic E-state index is 0.327. The van der Waals surface area contributed by atoms with Gasteiger partial charge in [0.2, 0.25) is 11.8 Å². The zero-order chi connectivity index (χ0) is 46.6. The van der Waals surface area contributed by atoms with Crippen LogP contribution < -0.4 is 4.74 Å². The van der Waals surface area contributed by atoms with Crippen LogP contribution in [0.4, 0.5) is 0 Å². The Morgan fingerprint density at radius 2 is 1.28 bits per heavy atom. The van der Waals surface area contributed by atoms with Crippen molar-refractivity contribution in [3.8, 4) is 62.9 Å². The van der Waals surface area contributed by atoms with E-state index in [0.29, 0.717) is 101 Å². The van der Waals surface area contributed by atoms with Gasteiger partial charge >= 0.3 is 0 Å². The van der Waals surface area contributed by atoms with Crippen LogP contribution in [0.3, 0.4) is 0 Å². The Balaban J connectivity index is 0.826. The molecule has 0 saturated heterocycles. The molecule has 7 heterocycles. The number of halogens is 4. The average molecular weight is 1020 g/mol. The van der Waals surface area contributed by atoms with E-state index >= 15 is 0 Å². The molecule has 0 atom stereocenters. The van der Waals surface area contributed by atoms with E-state index in [1.807, 2.05) is 106 Å². The largest absolute Gasteiger partial charge is 0.492 e. The number of ether oxygens (including phenoxy) is 1. The lowest BCUT2D eigenvalue weighted by Crippen LogP contribution is -2.05. The molecule has 0 radical (unpaired) electrons. The van der Waals surface area contributed by atoms with Gasteiger partial charge in [0.25, 0.3) is 0 Å². The number of aromatic nitrogens is 14. The minimum atomic E-state index is 0.327. The third-order valence-corrected chi connectivity index (χ3v) is 13.2. The number of hydrogen-bond acceptors (Lipinski definition) is 15. The Morgan fingerprint density at radius 3 is 1.99 bits per heavy atom. The fourth-order valence-electron chi connectivity index (χ4n) is 6.93. The molecule has 0 aliphatic carbocycles. The van der Waals surface area contributed by atoms with E-state index in [4.69, 9.17) is 60.5 Å². The average Bonchev–Trinajstić information content (AvgIpc) is 4.18. The number of hydrogen-bond donors (Lipinski definition) is 0. The molecular formula is C46H32Cl4N14O2S2. The summed E-state index contributed by atoms with van der Waals surface area (Å²) in [6, 6.07) is 33.3. The number of pyridine rings is 3. The lowest BCUT2D eigenvalue weighted by atomic mass is 10.2. The molecule has 0 spiro atoms. The zero-order valence-corrected chi connectivity index (χ0v) is 40.0. The van der Waals surface area contributed by atoms with Crippen LogP contribution in [0.25, 0.3) is 57.1 Å². The van der Waals surface area contributed by atoms with Crippen LogP contribution in [-0.4, -0.2) is 76.0 Å². The van der Waals surface area contributed by atoms with Crippen molar-refractivity contribution in [1.29, 1.82) is 0 Å². The van der Waals surface area contributed by atoms with Gasteiger partial charge in [-0.2, -0.15) is 0 Å². The van der Waals surface area contributed by atoms with Crippen LogP contribution >= 0.6 is 69.9 Å². The van der Waals surface area contributed by atoms with Gasteiger partial charge < -0.3 is 13.7 Å². The Labute approximate surface area is 416 Å². The topological polar surface area (TPSA) is 179 Å². The molecule has 3 aromatic carbocycles. The first-order valence-corrected chi connectivity index (χ1v) is 24.0. The van der Waals surface area contributed by atoms with Gasteiger partial charge in [0.15, 0.2) is 27.8 Å². The van der Waals surface area contributed by atoms with E-state index in [-0.39, 0.29) is 0 Å². The molecule has 68 heavy (non-hydrogen) atoms. The van der Waals surface area contributed by atoms with Gasteiger partial charge in [0, 0.05) is 53.3 Å². The number of rotatable bonds is 16. The Morgan fingerprint density at radius 1 is 0.588 bits per heavy atom.